The lowest BCUT2D eigenvalue weighted by Gasteiger charge is -2.18. The first-order chi connectivity index (χ1) is 8.27. The Morgan fingerprint density at radius 3 is 2.47 bits per heavy atom. The molecule has 0 heterocycles. The topological polar surface area (TPSA) is 34.1 Å². The fourth-order valence-corrected chi connectivity index (χ4v) is 3.92. The fraction of sp³-hybridized carbons (Fsp3) is 0.333. The number of carbonyl (C=O) groups is 1. The molecule has 0 aliphatic heterocycles. The van der Waals surface area contributed by atoms with Crippen molar-refractivity contribution in [2.75, 3.05) is 0 Å². The number of Topliss-reactive ketones (excluding diaryl/α,β-unsaturated/α-hetero) is 1. The summed E-state index contributed by atoms with van der Waals surface area (Å²) in [5.74, 6) is 1.18. The van der Waals surface area contributed by atoms with Gasteiger partial charge in [-0.25, -0.2) is 0 Å². The van der Waals surface area contributed by atoms with Crippen molar-refractivity contribution in [2.24, 2.45) is 17.8 Å². The summed E-state index contributed by atoms with van der Waals surface area (Å²) < 4.78 is 0. The Morgan fingerprint density at radius 1 is 0.941 bits per heavy atom. The summed E-state index contributed by atoms with van der Waals surface area (Å²) in [7, 11) is 0. The van der Waals surface area contributed by atoms with Gasteiger partial charge >= 0.3 is 0 Å². The Labute approximate surface area is 99.0 Å². The molecule has 4 rings (SSSR count). The summed E-state index contributed by atoms with van der Waals surface area (Å²) in [6.07, 6.45) is 5.42. The average molecular weight is 224 g/mol. The Hall–Kier alpha value is -1.70. The van der Waals surface area contributed by atoms with Crippen molar-refractivity contribution in [3.8, 4) is 0 Å². The van der Waals surface area contributed by atoms with Crippen LogP contribution >= 0.6 is 0 Å². The van der Waals surface area contributed by atoms with Gasteiger partial charge in [0.1, 0.15) is 0 Å². The van der Waals surface area contributed by atoms with Crippen molar-refractivity contribution in [2.45, 2.75) is 12.3 Å². The van der Waals surface area contributed by atoms with Gasteiger partial charge in [0.2, 0.25) is 0 Å². The van der Waals surface area contributed by atoms with Crippen molar-refractivity contribution >= 4 is 5.78 Å². The summed E-state index contributed by atoms with van der Waals surface area (Å²) in [4.78, 5) is 24.5. The molecule has 0 aromatic heterocycles. The van der Waals surface area contributed by atoms with Crippen LogP contribution in [-0.4, -0.2) is 5.78 Å². The molecule has 3 aliphatic rings. The van der Waals surface area contributed by atoms with E-state index in [1.807, 2.05) is 6.07 Å². The molecular weight excluding hydrogens is 212 g/mol. The van der Waals surface area contributed by atoms with Gasteiger partial charge < -0.3 is 0 Å². The number of hydrogen-bond acceptors (Lipinski definition) is 2. The molecule has 4 atom stereocenters. The van der Waals surface area contributed by atoms with Gasteiger partial charge in [-0.1, -0.05) is 30.4 Å². The molecule has 1 aromatic rings. The minimum absolute atomic E-state index is 0.0341. The van der Waals surface area contributed by atoms with Crippen LogP contribution in [0.3, 0.4) is 0 Å². The molecule has 17 heavy (non-hydrogen) atoms. The summed E-state index contributed by atoms with van der Waals surface area (Å²) in [6, 6.07) is 6.93. The summed E-state index contributed by atoms with van der Waals surface area (Å²) in [5, 5.41) is 0. The van der Waals surface area contributed by atoms with Crippen LogP contribution in [0.15, 0.2) is 41.2 Å². The maximum atomic E-state index is 12.4. The van der Waals surface area contributed by atoms with E-state index in [0.29, 0.717) is 17.4 Å². The van der Waals surface area contributed by atoms with Crippen LogP contribution in [0, 0.1) is 17.8 Å². The summed E-state index contributed by atoms with van der Waals surface area (Å²) in [5.41, 5.74) is 1.49. The van der Waals surface area contributed by atoms with Crippen molar-refractivity contribution in [1.82, 2.24) is 0 Å². The van der Waals surface area contributed by atoms with Crippen molar-refractivity contribution in [1.29, 1.82) is 0 Å². The Kier molecular flexibility index (Phi) is 1.62. The largest absolute Gasteiger partial charge is 0.294 e. The van der Waals surface area contributed by atoms with Crippen LogP contribution in [0.2, 0.25) is 0 Å². The zero-order chi connectivity index (χ0) is 11.6. The average Bonchev–Trinajstić information content (AvgIpc) is 2.94. The zero-order valence-corrected chi connectivity index (χ0v) is 9.30. The number of ketones is 1. The Morgan fingerprint density at radius 2 is 1.65 bits per heavy atom. The molecular formula is C15H12O2. The van der Waals surface area contributed by atoms with Gasteiger partial charge in [0, 0.05) is 23.0 Å². The van der Waals surface area contributed by atoms with Gasteiger partial charge in [-0.15, -0.1) is 0 Å². The van der Waals surface area contributed by atoms with E-state index in [9.17, 15) is 9.59 Å². The van der Waals surface area contributed by atoms with Gasteiger partial charge in [-0.2, -0.15) is 0 Å². The maximum Gasteiger partial charge on any atom is 0.182 e. The number of carbonyl (C=O) groups excluding carboxylic acids is 1. The van der Waals surface area contributed by atoms with Crippen LogP contribution in [0.25, 0.3) is 0 Å². The summed E-state index contributed by atoms with van der Waals surface area (Å²) >= 11 is 0. The highest BCUT2D eigenvalue weighted by Gasteiger charge is 2.54. The van der Waals surface area contributed by atoms with E-state index in [0.717, 1.165) is 12.0 Å². The quantitative estimate of drug-likeness (QED) is 0.633. The second-order valence-corrected chi connectivity index (χ2v) is 5.27. The lowest BCUT2D eigenvalue weighted by atomic mass is 9.83. The van der Waals surface area contributed by atoms with Gasteiger partial charge in [-0.3, -0.25) is 9.59 Å². The molecule has 3 aliphatic carbocycles. The predicted octanol–water partition coefficient (Wildman–Crippen LogP) is 2.15. The van der Waals surface area contributed by atoms with Crippen LogP contribution in [0.5, 0.6) is 0 Å². The van der Waals surface area contributed by atoms with Crippen molar-refractivity contribution in [3.05, 3.63) is 57.8 Å². The first-order valence-corrected chi connectivity index (χ1v) is 6.13. The molecule has 0 unspecified atom stereocenters. The molecule has 2 bridgehead atoms. The monoisotopic (exact) mass is 224 g/mol. The zero-order valence-electron chi connectivity index (χ0n) is 9.30. The number of fused-ring (bicyclic) bond motifs is 7. The molecule has 1 aromatic carbocycles. The third-order valence-electron chi connectivity index (χ3n) is 4.54. The van der Waals surface area contributed by atoms with Crippen LogP contribution in [-0.2, 0) is 0 Å². The fourth-order valence-electron chi connectivity index (χ4n) is 3.92. The predicted molar refractivity (Wildman–Crippen MR) is 64.0 cm³/mol. The molecule has 2 nitrogen and oxygen atoms in total. The Bertz CT molecular complexity index is 615. The standard InChI is InChI=1S/C15H12O2/c16-11-4-2-1-3-10-14(11)12-8-5-6-9(7-8)13(12)15(10)17/h1-6,8-9,12-13H,7H2/t8-,9+,12-,13+/m1/s1. The van der Waals surface area contributed by atoms with E-state index in [2.05, 4.69) is 12.2 Å². The molecule has 0 radical (unpaired) electrons. The minimum atomic E-state index is 0.0341. The van der Waals surface area contributed by atoms with Gasteiger partial charge in [0.25, 0.3) is 0 Å². The van der Waals surface area contributed by atoms with Crippen LogP contribution in [0.4, 0.5) is 0 Å². The molecule has 0 spiro atoms. The molecule has 0 N–H and O–H groups in total. The highest BCUT2D eigenvalue weighted by atomic mass is 16.1. The van der Waals surface area contributed by atoms with Gasteiger partial charge in [0.15, 0.2) is 11.2 Å². The first-order valence-electron chi connectivity index (χ1n) is 6.13. The second kappa shape index (κ2) is 2.95. The molecule has 84 valence electrons. The van der Waals surface area contributed by atoms with Crippen molar-refractivity contribution in [3.63, 3.8) is 0 Å². The van der Waals surface area contributed by atoms with E-state index >= 15 is 0 Å². The van der Waals surface area contributed by atoms with Crippen molar-refractivity contribution < 1.29 is 4.79 Å². The number of allylic oxidation sites excluding steroid dienone is 2. The minimum Gasteiger partial charge on any atom is -0.294 e. The van der Waals surface area contributed by atoms with E-state index in [4.69, 9.17) is 0 Å². The van der Waals surface area contributed by atoms with Gasteiger partial charge in [0.05, 0.1) is 0 Å². The summed E-state index contributed by atoms with van der Waals surface area (Å²) in [6.45, 7) is 0. The lowest BCUT2D eigenvalue weighted by molar-refractivity contribution is 0.0911. The molecule has 1 saturated carbocycles. The third-order valence-corrected chi connectivity index (χ3v) is 4.54. The second-order valence-electron chi connectivity index (χ2n) is 5.27. The van der Waals surface area contributed by atoms with E-state index in [1.165, 1.54) is 0 Å². The molecule has 0 amide bonds. The highest BCUT2D eigenvalue weighted by molar-refractivity contribution is 6.04. The molecule has 1 fully saturated rings. The Balaban J connectivity index is 2.04. The van der Waals surface area contributed by atoms with E-state index in [-0.39, 0.29) is 23.0 Å². The highest BCUT2D eigenvalue weighted by Crippen LogP contribution is 2.57. The maximum absolute atomic E-state index is 12.4. The lowest BCUT2D eigenvalue weighted by Crippen LogP contribution is -2.19. The molecule has 2 heteroatoms. The van der Waals surface area contributed by atoms with E-state index < -0.39 is 0 Å². The normalized spacial score (nSPS) is 36.1. The number of hydrogen-bond donors (Lipinski definition) is 0. The first kappa shape index (κ1) is 9.34. The van der Waals surface area contributed by atoms with Crippen LogP contribution < -0.4 is 5.43 Å². The number of rotatable bonds is 0. The SMILES string of the molecule is O=C1c2ccccc(=O)c2[C@H]2[C@@H]1[C@H]1C=C[C@@H]2C1. The molecule has 0 saturated heterocycles. The van der Waals surface area contributed by atoms with E-state index in [1.54, 1.807) is 18.2 Å². The van der Waals surface area contributed by atoms with Crippen LogP contribution in [0.1, 0.15) is 28.3 Å². The smallest absolute Gasteiger partial charge is 0.182 e. The van der Waals surface area contributed by atoms with Gasteiger partial charge in [-0.05, 0) is 24.3 Å². The third kappa shape index (κ3) is 1.01.